The summed E-state index contributed by atoms with van der Waals surface area (Å²) in [5.41, 5.74) is 7.49. The third-order valence-corrected chi connectivity index (χ3v) is 12.1. The molecule has 0 unspecified atom stereocenters. The molecule has 0 spiro atoms. The molecule has 0 saturated heterocycles. The molecule has 0 bridgehead atoms. The Morgan fingerprint density at radius 2 is 0.650 bits per heavy atom. The zero-order chi connectivity index (χ0) is 39.6. The molecule has 11 aromatic carbocycles. The second kappa shape index (κ2) is 13.8. The van der Waals surface area contributed by atoms with Crippen molar-refractivity contribution in [2.45, 2.75) is 0 Å². The molecule has 3 heteroatoms. The van der Waals surface area contributed by atoms with Gasteiger partial charge in [0.05, 0.1) is 0 Å². The summed E-state index contributed by atoms with van der Waals surface area (Å²) in [4.78, 5) is 16.0. The minimum absolute atomic E-state index is 0.627. The van der Waals surface area contributed by atoms with Gasteiger partial charge in [0.15, 0.2) is 17.5 Å². The second-order valence-corrected chi connectivity index (χ2v) is 15.5. The predicted octanol–water partition coefficient (Wildman–Crippen LogP) is 15.1. The molecular formula is C57H35N3. The fourth-order valence-electron chi connectivity index (χ4n) is 9.19. The molecule has 278 valence electrons. The van der Waals surface area contributed by atoms with Gasteiger partial charge < -0.3 is 0 Å². The van der Waals surface area contributed by atoms with E-state index in [1.165, 1.54) is 54.0 Å². The number of benzene rings is 11. The van der Waals surface area contributed by atoms with Gasteiger partial charge in [-0.3, -0.25) is 0 Å². The van der Waals surface area contributed by atoms with Crippen LogP contribution >= 0.6 is 0 Å². The van der Waals surface area contributed by atoms with Crippen LogP contribution in [0.15, 0.2) is 212 Å². The summed E-state index contributed by atoms with van der Waals surface area (Å²) in [6, 6.07) is 75.9. The van der Waals surface area contributed by atoms with Crippen LogP contribution in [0.2, 0.25) is 0 Å². The maximum atomic E-state index is 5.37. The van der Waals surface area contributed by atoms with Crippen molar-refractivity contribution in [1.82, 2.24) is 15.0 Å². The van der Waals surface area contributed by atoms with E-state index in [1.54, 1.807) is 0 Å². The molecule has 12 rings (SSSR count). The molecule has 3 nitrogen and oxygen atoms in total. The lowest BCUT2D eigenvalue weighted by atomic mass is 9.89. The van der Waals surface area contributed by atoms with E-state index in [9.17, 15) is 0 Å². The smallest absolute Gasteiger partial charge is 0.165 e. The van der Waals surface area contributed by atoms with E-state index in [-0.39, 0.29) is 0 Å². The van der Waals surface area contributed by atoms with Crippen molar-refractivity contribution in [3.8, 4) is 56.4 Å². The SMILES string of the molecule is c1ccc(-c2cccc(-c3nc(-c4ccc(-c5c6ccccc6cc6c5ccc5ccccc56)cc4)nc(-c4c5ccccc5cc5c4ccc4ccccc45)n3)c2)cc1. The lowest BCUT2D eigenvalue weighted by molar-refractivity contribution is 1.08. The first-order chi connectivity index (χ1) is 29.7. The summed E-state index contributed by atoms with van der Waals surface area (Å²) in [7, 11) is 0. The van der Waals surface area contributed by atoms with Crippen LogP contribution in [0, 0.1) is 0 Å². The fraction of sp³-hybridized carbons (Fsp3) is 0. The van der Waals surface area contributed by atoms with Gasteiger partial charge in [-0.25, -0.2) is 15.0 Å². The zero-order valence-electron chi connectivity index (χ0n) is 32.5. The van der Waals surface area contributed by atoms with Crippen molar-refractivity contribution in [2.75, 3.05) is 0 Å². The third-order valence-electron chi connectivity index (χ3n) is 12.1. The molecule has 0 saturated carbocycles. The first-order valence-corrected chi connectivity index (χ1v) is 20.4. The summed E-state index contributed by atoms with van der Waals surface area (Å²) < 4.78 is 0. The van der Waals surface area contributed by atoms with Gasteiger partial charge in [-0.15, -0.1) is 0 Å². The van der Waals surface area contributed by atoms with Crippen LogP contribution < -0.4 is 0 Å². The van der Waals surface area contributed by atoms with Gasteiger partial charge in [0, 0.05) is 16.7 Å². The molecular weight excluding hydrogens is 727 g/mol. The fourth-order valence-corrected chi connectivity index (χ4v) is 9.19. The van der Waals surface area contributed by atoms with Crippen LogP contribution in [0.25, 0.3) is 121 Å². The quantitative estimate of drug-likeness (QED) is 0.129. The van der Waals surface area contributed by atoms with E-state index < -0.39 is 0 Å². The molecule has 1 heterocycles. The first kappa shape index (κ1) is 34.1. The van der Waals surface area contributed by atoms with Gasteiger partial charge >= 0.3 is 0 Å². The Labute approximate surface area is 346 Å². The minimum atomic E-state index is 0.627. The van der Waals surface area contributed by atoms with Crippen LogP contribution in [0.4, 0.5) is 0 Å². The normalized spacial score (nSPS) is 11.7. The summed E-state index contributed by atoms with van der Waals surface area (Å²) in [5.74, 6) is 1.90. The second-order valence-electron chi connectivity index (χ2n) is 15.5. The minimum Gasteiger partial charge on any atom is -0.208 e. The molecule has 0 amide bonds. The predicted molar refractivity (Wildman–Crippen MR) is 252 cm³/mol. The Morgan fingerprint density at radius 3 is 1.28 bits per heavy atom. The Hall–Kier alpha value is -8.01. The van der Waals surface area contributed by atoms with Crippen molar-refractivity contribution in [2.24, 2.45) is 0 Å². The molecule has 0 aliphatic carbocycles. The topological polar surface area (TPSA) is 38.7 Å². The van der Waals surface area contributed by atoms with Crippen LogP contribution in [-0.2, 0) is 0 Å². The first-order valence-electron chi connectivity index (χ1n) is 20.4. The third kappa shape index (κ3) is 5.63. The van der Waals surface area contributed by atoms with Crippen molar-refractivity contribution in [3.63, 3.8) is 0 Å². The highest BCUT2D eigenvalue weighted by atomic mass is 15.0. The summed E-state index contributed by atoms with van der Waals surface area (Å²) >= 11 is 0. The lowest BCUT2D eigenvalue weighted by Crippen LogP contribution is -2.01. The Kier molecular flexibility index (Phi) is 7.85. The van der Waals surface area contributed by atoms with E-state index in [1.807, 2.05) is 6.07 Å². The van der Waals surface area contributed by atoms with Gasteiger partial charge in [0.1, 0.15) is 0 Å². The highest BCUT2D eigenvalue weighted by molar-refractivity contribution is 6.21. The summed E-state index contributed by atoms with van der Waals surface area (Å²) in [6.07, 6.45) is 0. The van der Waals surface area contributed by atoms with Gasteiger partial charge in [0.25, 0.3) is 0 Å². The molecule has 60 heavy (non-hydrogen) atoms. The number of rotatable bonds is 5. The van der Waals surface area contributed by atoms with E-state index in [0.29, 0.717) is 17.5 Å². The highest BCUT2D eigenvalue weighted by Crippen LogP contribution is 2.42. The van der Waals surface area contributed by atoms with E-state index in [2.05, 4.69) is 206 Å². The number of nitrogens with zero attached hydrogens (tertiary/aromatic N) is 3. The van der Waals surface area contributed by atoms with Gasteiger partial charge in [-0.2, -0.15) is 0 Å². The molecule has 0 fully saturated rings. The van der Waals surface area contributed by atoms with Crippen molar-refractivity contribution in [3.05, 3.63) is 212 Å². The molecule has 0 aliphatic heterocycles. The molecule has 12 aromatic rings. The average molecular weight is 762 g/mol. The molecule has 0 aliphatic rings. The van der Waals surface area contributed by atoms with Crippen LogP contribution in [-0.4, -0.2) is 15.0 Å². The van der Waals surface area contributed by atoms with Crippen molar-refractivity contribution in [1.29, 1.82) is 0 Å². The molecule has 0 radical (unpaired) electrons. The van der Waals surface area contributed by atoms with Crippen LogP contribution in [0.5, 0.6) is 0 Å². The number of aromatic nitrogens is 3. The zero-order valence-corrected chi connectivity index (χ0v) is 32.5. The van der Waals surface area contributed by atoms with E-state index >= 15 is 0 Å². The monoisotopic (exact) mass is 761 g/mol. The molecule has 0 atom stereocenters. The Bertz CT molecular complexity index is 3650. The Morgan fingerprint density at radius 1 is 0.200 bits per heavy atom. The maximum Gasteiger partial charge on any atom is 0.165 e. The number of hydrogen-bond acceptors (Lipinski definition) is 3. The molecule has 0 N–H and O–H groups in total. The van der Waals surface area contributed by atoms with Gasteiger partial charge in [0.2, 0.25) is 0 Å². The highest BCUT2D eigenvalue weighted by Gasteiger charge is 2.19. The van der Waals surface area contributed by atoms with Crippen molar-refractivity contribution >= 4 is 64.6 Å². The van der Waals surface area contributed by atoms with Crippen molar-refractivity contribution < 1.29 is 0 Å². The van der Waals surface area contributed by atoms with E-state index in [4.69, 9.17) is 15.0 Å². The number of hydrogen-bond donors (Lipinski definition) is 0. The lowest BCUT2D eigenvalue weighted by Gasteiger charge is -2.15. The molecule has 1 aromatic heterocycles. The average Bonchev–Trinajstić information content (AvgIpc) is 3.32. The van der Waals surface area contributed by atoms with E-state index in [0.717, 1.165) is 49.5 Å². The van der Waals surface area contributed by atoms with Crippen LogP contribution in [0.1, 0.15) is 0 Å². The van der Waals surface area contributed by atoms with Crippen LogP contribution in [0.3, 0.4) is 0 Å². The standard InChI is InChI=1S/C57H35N3/c1-2-13-36(14-3-1)41-19-12-20-44(33-41)56-58-55(59-57(60-56)54-48-24-11-7-18-43(48)35-52-46-22-9-5-16-38(46)30-32-50(52)54)40-27-25-39(26-28-40)53-47-23-10-6-17-42(47)34-51-45-21-8-4-15-37(45)29-31-49(51)53/h1-35H. The summed E-state index contributed by atoms with van der Waals surface area (Å²) in [6.45, 7) is 0. The summed E-state index contributed by atoms with van der Waals surface area (Å²) in [5, 5.41) is 14.4. The largest absolute Gasteiger partial charge is 0.208 e. The number of fused-ring (bicyclic) bond motifs is 8. The van der Waals surface area contributed by atoms with Gasteiger partial charge in [-0.05, 0) is 105 Å². The van der Waals surface area contributed by atoms with Gasteiger partial charge in [-0.1, -0.05) is 194 Å². The maximum absolute atomic E-state index is 5.37. The Balaban J connectivity index is 1.08.